The minimum Gasteiger partial charge on any atom is -0.503 e. The van der Waals surface area contributed by atoms with E-state index in [-0.39, 0.29) is 0 Å². The Hall–Kier alpha value is -2.52. The summed E-state index contributed by atoms with van der Waals surface area (Å²) in [4.78, 5) is 0. The van der Waals surface area contributed by atoms with Crippen LogP contribution in [0.1, 0.15) is 11.1 Å². The Balaban J connectivity index is 2.71. The summed E-state index contributed by atoms with van der Waals surface area (Å²) in [6.07, 6.45) is -1.57. The lowest BCUT2D eigenvalue weighted by molar-refractivity contribution is 0.328. The lowest BCUT2D eigenvalue weighted by Crippen LogP contribution is -2.10. The minimum absolute atomic E-state index is 0.712. The van der Waals surface area contributed by atoms with Crippen LogP contribution in [0.25, 0.3) is 0 Å². The zero-order valence-corrected chi connectivity index (χ0v) is 11.6. The molecule has 0 aliphatic carbocycles. The first-order valence-corrected chi connectivity index (χ1v) is 6.05. The van der Waals surface area contributed by atoms with Crippen molar-refractivity contribution in [1.29, 1.82) is 0 Å². The van der Waals surface area contributed by atoms with E-state index in [0.29, 0.717) is 7.11 Å². The summed E-state index contributed by atoms with van der Waals surface area (Å²) in [5.74, 6) is -20.3. The number of hydrogen-bond donors (Lipinski definition) is 1. The number of hydrogen-bond acceptors (Lipinski definition) is 2. The van der Waals surface area contributed by atoms with Gasteiger partial charge in [0, 0.05) is 17.5 Å². The highest BCUT2D eigenvalue weighted by atomic mass is 19.2. The Morgan fingerprint density at radius 3 is 1.29 bits per heavy atom. The molecule has 0 aromatic heterocycles. The molecular formula is C14H6F8O2. The van der Waals surface area contributed by atoms with Crippen molar-refractivity contribution < 1.29 is 45.0 Å². The van der Waals surface area contributed by atoms with Crippen molar-refractivity contribution in [1.82, 2.24) is 0 Å². The monoisotopic (exact) mass is 358 g/mol. The van der Waals surface area contributed by atoms with Crippen LogP contribution in [-0.4, -0.2) is 12.2 Å². The number of benzene rings is 2. The second-order valence-electron chi connectivity index (χ2n) is 4.53. The summed E-state index contributed by atoms with van der Waals surface area (Å²) in [6, 6.07) is 0. The SMILES string of the molecule is COc1c(F)c(F)c(Cc2c(F)c(F)c(O)c(F)c2F)c(F)c1F. The van der Waals surface area contributed by atoms with Crippen LogP contribution in [-0.2, 0) is 6.42 Å². The molecule has 0 amide bonds. The number of aromatic hydroxyl groups is 1. The third-order valence-corrected chi connectivity index (χ3v) is 3.20. The second kappa shape index (κ2) is 6.17. The quantitative estimate of drug-likeness (QED) is 0.661. The van der Waals surface area contributed by atoms with Crippen LogP contribution < -0.4 is 4.74 Å². The average Bonchev–Trinajstić information content (AvgIpc) is 2.56. The van der Waals surface area contributed by atoms with Crippen LogP contribution in [0.5, 0.6) is 11.5 Å². The van der Waals surface area contributed by atoms with Gasteiger partial charge in [-0.25, -0.2) is 17.6 Å². The molecule has 0 atom stereocenters. The summed E-state index contributed by atoms with van der Waals surface area (Å²) in [6.45, 7) is 0. The topological polar surface area (TPSA) is 29.5 Å². The normalized spacial score (nSPS) is 11.0. The first-order valence-electron chi connectivity index (χ1n) is 6.05. The third kappa shape index (κ3) is 2.51. The maximum atomic E-state index is 13.8. The molecule has 0 fully saturated rings. The summed E-state index contributed by atoms with van der Waals surface area (Å²) in [5, 5.41) is 8.81. The zero-order chi connectivity index (χ0) is 18.3. The van der Waals surface area contributed by atoms with E-state index in [1.54, 1.807) is 0 Å². The van der Waals surface area contributed by atoms with Crippen molar-refractivity contribution in [2.75, 3.05) is 7.11 Å². The molecule has 2 rings (SSSR count). The molecule has 2 aromatic carbocycles. The molecule has 10 heteroatoms. The highest BCUT2D eigenvalue weighted by molar-refractivity contribution is 5.40. The highest BCUT2D eigenvalue weighted by Gasteiger charge is 2.30. The number of methoxy groups -OCH3 is 1. The lowest BCUT2D eigenvalue weighted by Gasteiger charge is -2.13. The fourth-order valence-corrected chi connectivity index (χ4v) is 1.99. The van der Waals surface area contributed by atoms with Crippen molar-refractivity contribution in [3.8, 4) is 11.5 Å². The molecule has 130 valence electrons. The molecule has 0 spiro atoms. The fraction of sp³-hybridized carbons (Fsp3) is 0.143. The Labute approximate surface area is 128 Å². The van der Waals surface area contributed by atoms with Crippen LogP contribution in [0, 0.1) is 46.5 Å². The first-order chi connectivity index (χ1) is 11.1. The van der Waals surface area contributed by atoms with Crippen LogP contribution in [0.3, 0.4) is 0 Å². The molecule has 0 aliphatic heterocycles. The molecular weight excluding hydrogens is 352 g/mol. The number of phenolic OH excluding ortho intramolecular Hbond substituents is 1. The predicted molar refractivity (Wildman–Crippen MR) is 63.6 cm³/mol. The van der Waals surface area contributed by atoms with Crippen molar-refractivity contribution in [3.05, 3.63) is 57.7 Å². The van der Waals surface area contributed by atoms with E-state index < -0.39 is 75.6 Å². The van der Waals surface area contributed by atoms with Crippen molar-refractivity contribution in [2.45, 2.75) is 6.42 Å². The van der Waals surface area contributed by atoms with Gasteiger partial charge in [0.15, 0.2) is 34.8 Å². The Kier molecular flexibility index (Phi) is 4.59. The van der Waals surface area contributed by atoms with Gasteiger partial charge in [0.1, 0.15) is 0 Å². The predicted octanol–water partition coefficient (Wildman–Crippen LogP) is 4.10. The standard InChI is InChI=1S/C14H6F8O2/c1-24-14-11(21)7(17)4(8(18)12(14)22)2-3-5(15)9(19)13(23)10(20)6(3)16/h23H,2H2,1H3. The van der Waals surface area contributed by atoms with E-state index in [4.69, 9.17) is 5.11 Å². The molecule has 0 saturated heterocycles. The van der Waals surface area contributed by atoms with Crippen molar-refractivity contribution in [3.63, 3.8) is 0 Å². The van der Waals surface area contributed by atoms with Crippen LogP contribution in [0.4, 0.5) is 35.1 Å². The van der Waals surface area contributed by atoms with Gasteiger partial charge in [0.2, 0.25) is 23.3 Å². The molecule has 0 radical (unpaired) electrons. The van der Waals surface area contributed by atoms with E-state index in [1.165, 1.54) is 0 Å². The maximum Gasteiger partial charge on any atom is 0.204 e. The molecule has 0 unspecified atom stereocenters. The Morgan fingerprint density at radius 1 is 0.625 bits per heavy atom. The Morgan fingerprint density at radius 2 is 0.958 bits per heavy atom. The number of rotatable bonds is 3. The summed E-state index contributed by atoms with van der Waals surface area (Å²) >= 11 is 0. The molecule has 0 bridgehead atoms. The molecule has 2 nitrogen and oxygen atoms in total. The summed E-state index contributed by atoms with van der Waals surface area (Å²) in [5.41, 5.74) is -3.09. The van der Waals surface area contributed by atoms with E-state index in [1.807, 2.05) is 0 Å². The maximum absolute atomic E-state index is 13.8. The van der Waals surface area contributed by atoms with Gasteiger partial charge >= 0.3 is 0 Å². The van der Waals surface area contributed by atoms with E-state index >= 15 is 0 Å². The van der Waals surface area contributed by atoms with Gasteiger partial charge < -0.3 is 9.84 Å². The van der Waals surface area contributed by atoms with Gasteiger partial charge in [-0.1, -0.05) is 0 Å². The van der Waals surface area contributed by atoms with Crippen LogP contribution in [0.15, 0.2) is 0 Å². The highest BCUT2D eigenvalue weighted by Crippen LogP contribution is 2.34. The third-order valence-electron chi connectivity index (χ3n) is 3.20. The second-order valence-corrected chi connectivity index (χ2v) is 4.53. The van der Waals surface area contributed by atoms with Gasteiger partial charge in [0.25, 0.3) is 0 Å². The minimum atomic E-state index is -2.22. The lowest BCUT2D eigenvalue weighted by atomic mass is 10.0. The molecule has 1 N–H and O–H groups in total. The molecule has 0 saturated carbocycles. The van der Waals surface area contributed by atoms with E-state index in [0.717, 1.165) is 0 Å². The number of halogens is 8. The molecule has 0 aliphatic rings. The average molecular weight is 358 g/mol. The molecule has 2 aromatic rings. The van der Waals surface area contributed by atoms with E-state index in [9.17, 15) is 35.1 Å². The molecule has 0 heterocycles. The largest absolute Gasteiger partial charge is 0.503 e. The Bertz CT molecular complexity index is 776. The first kappa shape index (κ1) is 17.8. The van der Waals surface area contributed by atoms with Crippen LogP contribution in [0.2, 0.25) is 0 Å². The smallest absolute Gasteiger partial charge is 0.204 e. The number of phenols is 1. The van der Waals surface area contributed by atoms with E-state index in [2.05, 4.69) is 4.74 Å². The van der Waals surface area contributed by atoms with Gasteiger partial charge in [-0.15, -0.1) is 0 Å². The van der Waals surface area contributed by atoms with Gasteiger partial charge in [0.05, 0.1) is 7.11 Å². The van der Waals surface area contributed by atoms with Crippen molar-refractivity contribution >= 4 is 0 Å². The van der Waals surface area contributed by atoms with Crippen LogP contribution >= 0.6 is 0 Å². The summed E-state index contributed by atoms with van der Waals surface area (Å²) in [7, 11) is 0.712. The zero-order valence-electron chi connectivity index (χ0n) is 11.6. The van der Waals surface area contributed by atoms with Gasteiger partial charge in [-0.3, -0.25) is 0 Å². The fourth-order valence-electron chi connectivity index (χ4n) is 1.99. The van der Waals surface area contributed by atoms with Crippen molar-refractivity contribution in [2.24, 2.45) is 0 Å². The van der Waals surface area contributed by atoms with Gasteiger partial charge in [-0.05, 0) is 0 Å². The van der Waals surface area contributed by atoms with Gasteiger partial charge in [-0.2, -0.15) is 17.6 Å². The number of ether oxygens (including phenoxy) is 1. The summed E-state index contributed by atoms with van der Waals surface area (Å²) < 4.78 is 112. The molecule has 24 heavy (non-hydrogen) atoms.